The molecule has 0 aromatic heterocycles. The van der Waals surface area contributed by atoms with Gasteiger partial charge in [0.1, 0.15) is 11.7 Å². The van der Waals surface area contributed by atoms with E-state index in [-0.39, 0.29) is 18.7 Å². The molecule has 5 atom stereocenters. The largest absolute Gasteiger partial charge is 0.497 e. The summed E-state index contributed by atoms with van der Waals surface area (Å²) in [4.78, 5) is 25.0. The van der Waals surface area contributed by atoms with E-state index < -0.39 is 29.9 Å². The average molecular weight is 482 g/mol. The first-order chi connectivity index (χ1) is 17.0. The highest BCUT2D eigenvalue weighted by Crippen LogP contribution is 2.36. The molecular formula is C27H35N3O5. The second-order valence-corrected chi connectivity index (χ2v) is 9.39. The molecule has 0 bridgehead atoms. The number of aliphatic hydroxyl groups excluding tert-OH is 1. The predicted molar refractivity (Wildman–Crippen MR) is 132 cm³/mol. The summed E-state index contributed by atoms with van der Waals surface area (Å²) in [5.41, 5.74) is 8.82. The van der Waals surface area contributed by atoms with Gasteiger partial charge in [-0.2, -0.15) is 0 Å². The molecule has 188 valence electrons. The Bertz CT molecular complexity index is 1020. The maximum Gasteiger partial charge on any atom is 0.232 e. The first kappa shape index (κ1) is 25.2. The van der Waals surface area contributed by atoms with E-state index in [4.69, 9.17) is 15.2 Å². The van der Waals surface area contributed by atoms with Gasteiger partial charge in [0.25, 0.3) is 0 Å². The third-order valence-electron chi connectivity index (χ3n) is 7.00. The third-order valence-corrected chi connectivity index (χ3v) is 7.00. The fraction of sp³-hybridized carbons (Fsp3) is 0.481. The van der Waals surface area contributed by atoms with Crippen LogP contribution in [0.2, 0.25) is 0 Å². The molecule has 2 aromatic carbocycles. The van der Waals surface area contributed by atoms with Gasteiger partial charge in [-0.1, -0.05) is 36.4 Å². The molecule has 8 heteroatoms. The summed E-state index contributed by atoms with van der Waals surface area (Å²) in [5.74, 6) is -1.25. The number of hydrogen-bond acceptors (Lipinski definition) is 6. The minimum atomic E-state index is -0.938. The number of β-amino-alcohol motifs (C(OH)–C–C–N with tert-alkyl or cyclic N) is 1. The molecule has 1 heterocycles. The van der Waals surface area contributed by atoms with Crippen LogP contribution in [0.25, 0.3) is 0 Å². The number of methoxy groups -OCH3 is 1. The first-order valence-corrected chi connectivity index (χ1v) is 12.3. The summed E-state index contributed by atoms with van der Waals surface area (Å²) in [7, 11) is 1.64. The molecule has 1 fully saturated rings. The topological polar surface area (TPSA) is 123 Å². The Balaban J connectivity index is 1.58. The Morgan fingerprint density at radius 2 is 2.00 bits per heavy atom. The highest BCUT2D eigenvalue weighted by Gasteiger charge is 2.35. The van der Waals surface area contributed by atoms with Crippen LogP contribution >= 0.6 is 0 Å². The highest BCUT2D eigenvalue weighted by atomic mass is 16.5. The Labute approximate surface area is 206 Å². The van der Waals surface area contributed by atoms with E-state index in [0.29, 0.717) is 25.9 Å². The van der Waals surface area contributed by atoms with E-state index in [1.54, 1.807) is 7.11 Å². The zero-order chi connectivity index (χ0) is 24.8. The summed E-state index contributed by atoms with van der Waals surface area (Å²) >= 11 is 0. The molecule has 1 aliphatic heterocycles. The van der Waals surface area contributed by atoms with Crippen LogP contribution in [0, 0.1) is 5.92 Å². The highest BCUT2D eigenvalue weighted by molar-refractivity contribution is 5.99. The van der Waals surface area contributed by atoms with Gasteiger partial charge in [0.15, 0.2) is 0 Å². The van der Waals surface area contributed by atoms with Crippen molar-refractivity contribution in [3.05, 3.63) is 65.2 Å². The van der Waals surface area contributed by atoms with E-state index in [1.807, 2.05) is 42.5 Å². The lowest BCUT2D eigenvalue weighted by Gasteiger charge is -2.29. The molecule has 8 nitrogen and oxygen atoms in total. The maximum atomic E-state index is 13.0. The van der Waals surface area contributed by atoms with Crippen LogP contribution in [0.4, 0.5) is 0 Å². The van der Waals surface area contributed by atoms with E-state index in [9.17, 15) is 14.7 Å². The van der Waals surface area contributed by atoms with Crippen LogP contribution < -0.4 is 21.1 Å². The van der Waals surface area contributed by atoms with Crippen molar-refractivity contribution in [2.75, 3.05) is 20.3 Å². The van der Waals surface area contributed by atoms with Crippen LogP contribution in [0.1, 0.15) is 42.0 Å². The van der Waals surface area contributed by atoms with E-state index in [2.05, 4.69) is 16.7 Å². The van der Waals surface area contributed by atoms with Crippen molar-refractivity contribution in [3.8, 4) is 5.75 Å². The normalized spacial score (nSPS) is 27.7. The van der Waals surface area contributed by atoms with Gasteiger partial charge >= 0.3 is 0 Å². The van der Waals surface area contributed by atoms with Crippen LogP contribution in [0.15, 0.2) is 48.5 Å². The molecule has 0 spiro atoms. The van der Waals surface area contributed by atoms with Gasteiger partial charge in [-0.3, -0.25) is 9.59 Å². The number of nitrogens with one attached hydrogen (secondary N) is 2. The zero-order valence-corrected chi connectivity index (χ0v) is 20.1. The third kappa shape index (κ3) is 6.20. The van der Waals surface area contributed by atoms with E-state index in [1.165, 1.54) is 5.56 Å². The summed E-state index contributed by atoms with van der Waals surface area (Å²) < 4.78 is 11.7. The Morgan fingerprint density at radius 3 is 2.74 bits per heavy atom. The van der Waals surface area contributed by atoms with Crippen molar-refractivity contribution >= 4 is 11.8 Å². The Hall–Kier alpha value is -2.94. The van der Waals surface area contributed by atoms with Gasteiger partial charge < -0.3 is 30.9 Å². The first-order valence-electron chi connectivity index (χ1n) is 12.3. The maximum absolute atomic E-state index is 13.0. The SMILES string of the molecule is COc1ccc2c(c1)[C@H]1NC[C@@H](O)[C@H](Cc3ccccc3)NC(=O)[C@H](C(N)=O)CCCCO[C@H]1C2. The minimum Gasteiger partial charge on any atom is -0.497 e. The quantitative estimate of drug-likeness (QED) is 0.493. The Morgan fingerprint density at radius 1 is 1.20 bits per heavy atom. The fourth-order valence-electron chi connectivity index (χ4n) is 5.02. The van der Waals surface area contributed by atoms with Crippen molar-refractivity contribution in [2.45, 2.75) is 56.4 Å². The van der Waals surface area contributed by atoms with Crippen molar-refractivity contribution in [3.63, 3.8) is 0 Å². The molecular weight excluding hydrogens is 446 g/mol. The van der Waals surface area contributed by atoms with Crippen LogP contribution in [-0.4, -0.2) is 55.4 Å². The number of carbonyl (C=O) groups excluding carboxylic acids is 2. The number of primary amides is 1. The molecule has 0 saturated carbocycles. The molecule has 0 radical (unpaired) electrons. The second-order valence-electron chi connectivity index (χ2n) is 9.39. The number of fused-ring (bicyclic) bond motifs is 3. The predicted octanol–water partition coefficient (Wildman–Crippen LogP) is 1.64. The monoisotopic (exact) mass is 481 g/mol. The number of hydrogen-bond donors (Lipinski definition) is 4. The molecule has 5 N–H and O–H groups in total. The van der Waals surface area contributed by atoms with Gasteiger partial charge in [-0.05, 0) is 54.5 Å². The molecule has 2 aromatic rings. The number of benzene rings is 2. The van der Waals surface area contributed by atoms with Gasteiger partial charge in [-0.25, -0.2) is 0 Å². The number of aliphatic hydroxyl groups is 1. The lowest BCUT2D eigenvalue weighted by molar-refractivity contribution is -0.135. The Kier molecular flexibility index (Phi) is 8.38. The van der Waals surface area contributed by atoms with E-state index >= 15 is 0 Å². The van der Waals surface area contributed by atoms with Gasteiger partial charge in [0.2, 0.25) is 11.8 Å². The number of carbonyl (C=O) groups is 2. The fourth-order valence-corrected chi connectivity index (χ4v) is 5.02. The van der Waals surface area contributed by atoms with Gasteiger partial charge in [0.05, 0.1) is 31.4 Å². The summed E-state index contributed by atoms with van der Waals surface area (Å²) in [6.07, 6.45) is 1.92. The molecule has 4 rings (SSSR count). The van der Waals surface area contributed by atoms with Crippen LogP contribution in [0.3, 0.4) is 0 Å². The minimum absolute atomic E-state index is 0.0821. The van der Waals surface area contributed by atoms with Gasteiger partial charge in [-0.15, -0.1) is 0 Å². The van der Waals surface area contributed by atoms with Crippen LogP contribution in [0.5, 0.6) is 5.75 Å². The lowest BCUT2D eigenvalue weighted by atomic mass is 9.96. The number of amides is 2. The number of nitrogens with two attached hydrogens (primary N) is 1. The lowest BCUT2D eigenvalue weighted by Crippen LogP contribution is -2.52. The molecule has 2 amide bonds. The van der Waals surface area contributed by atoms with Crippen molar-refractivity contribution < 1.29 is 24.2 Å². The second kappa shape index (κ2) is 11.7. The average Bonchev–Trinajstić information content (AvgIpc) is 3.20. The summed E-state index contributed by atoms with van der Waals surface area (Å²) in [6.45, 7) is 0.750. The number of rotatable bonds is 4. The molecule has 1 saturated heterocycles. The van der Waals surface area contributed by atoms with Crippen molar-refractivity contribution in [1.29, 1.82) is 0 Å². The van der Waals surface area contributed by atoms with Crippen molar-refractivity contribution in [1.82, 2.24) is 10.6 Å². The molecule has 35 heavy (non-hydrogen) atoms. The summed E-state index contributed by atoms with van der Waals surface area (Å²) in [6, 6.07) is 15.0. The van der Waals surface area contributed by atoms with Gasteiger partial charge in [0, 0.05) is 19.6 Å². The van der Waals surface area contributed by atoms with E-state index in [0.717, 1.165) is 29.7 Å². The van der Waals surface area contributed by atoms with Crippen molar-refractivity contribution in [2.24, 2.45) is 11.7 Å². The smallest absolute Gasteiger partial charge is 0.232 e. The summed E-state index contributed by atoms with van der Waals surface area (Å²) in [5, 5.41) is 17.6. The van der Waals surface area contributed by atoms with Crippen LogP contribution in [-0.2, 0) is 27.2 Å². The standard InChI is InChI=1S/C27H35N3O5/c1-34-19-11-10-18-14-24-25(21(18)15-19)29-16-23(31)22(13-17-7-3-2-4-8-17)30-27(33)20(26(28)32)9-5-6-12-35-24/h2-4,7-8,10-11,15,20,22-25,29,31H,5-6,9,12-14,16H2,1H3,(H2,28,32)(H,30,33)/t20-,22-,23+,24-,25+/m0/s1. The molecule has 1 aliphatic carbocycles. The molecule has 0 unspecified atom stereocenters. The zero-order valence-electron chi connectivity index (χ0n) is 20.1. The number of ether oxygens (including phenoxy) is 2. The molecule has 2 aliphatic rings.